The molecule has 146 valence electrons. The van der Waals surface area contributed by atoms with E-state index >= 15 is 0 Å². The quantitative estimate of drug-likeness (QED) is 0.782. The van der Waals surface area contributed by atoms with Crippen LogP contribution in [0.15, 0.2) is 0 Å². The number of halogens is 1. The number of carbonyl (C=O) groups is 2. The summed E-state index contributed by atoms with van der Waals surface area (Å²) >= 11 is 0. The molecule has 1 heterocycles. The molecule has 5 nitrogen and oxygen atoms in total. The Balaban J connectivity index is 0.000000290. The number of hydrogen-bond acceptors (Lipinski definition) is 2. The van der Waals surface area contributed by atoms with Crippen LogP contribution in [0.3, 0.4) is 0 Å². The molecule has 3 amide bonds. The average molecular weight is 358 g/mol. The van der Waals surface area contributed by atoms with Crippen molar-refractivity contribution < 1.29 is 14.0 Å². The Morgan fingerprint density at radius 3 is 1.80 bits per heavy atom. The average Bonchev–Trinajstić information content (AvgIpc) is 3.16. The monoisotopic (exact) mass is 357 g/mol. The SMILES string of the molecule is CC1CCCCC1.CF.CN(C)C(=O)N1C[C@H]2CC(C(N)=O)C[C@H]2C1. The van der Waals surface area contributed by atoms with Crippen LogP contribution >= 0.6 is 0 Å². The minimum Gasteiger partial charge on any atom is -0.369 e. The van der Waals surface area contributed by atoms with E-state index in [1.165, 1.54) is 32.1 Å². The number of nitrogens with two attached hydrogens (primary N) is 1. The van der Waals surface area contributed by atoms with Gasteiger partial charge in [-0.1, -0.05) is 39.0 Å². The highest BCUT2D eigenvalue weighted by Crippen LogP contribution is 2.41. The fraction of sp³-hybridized carbons (Fsp3) is 0.895. The third kappa shape index (κ3) is 6.48. The maximum Gasteiger partial charge on any atom is 0.319 e. The summed E-state index contributed by atoms with van der Waals surface area (Å²) in [5.41, 5.74) is 5.32. The second-order valence-electron chi connectivity index (χ2n) is 7.92. The van der Waals surface area contributed by atoms with Crippen LogP contribution < -0.4 is 5.73 Å². The van der Waals surface area contributed by atoms with Gasteiger partial charge in [0.1, 0.15) is 0 Å². The summed E-state index contributed by atoms with van der Waals surface area (Å²) in [6, 6.07) is 0.0741. The molecule has 0 aromatic carbocycles. The summed E-state index contributed by atoms with van der Waals surface area (Å²) < 4.78 is 9.50. The molecule has 0 bridgehead atoms. The van der Waals surface area contributed by atoms with E-state index in [0.29, 0.717) is 19.0 Å². The van der Waals surface area contributed by atoms with E-state index in [1.54, 1.807) is 19.0 Å². The Bertz CT molecular complexity index is 411. The predicted molar refractivity (Wildman–Crippen MR) is 98.8 cm³/mol. The number of rotatable bonds is 1. The van der Waals surface area contributed by atoms with Crippen molar-refractivity contribution in [1.29, 1.82) is 0 Å². The second-order valence-corrected chi connectivity index (χ2v) is 7.92. The molecule has 1 unspecified atom stereocenters. The summed E-state index contributed by atoms with van der Waals surface area (Å²) in [5, 5.41) is 0. The molecule has 2 aliphatic carbocycles. The van der Waals surface area contributed by atoms with Gasteiger partial charge in [0, 0.05) is 33.1 Å². The number of likely N-dealkylation sites (tertiary alicyclic amines) is 1. The molecule has 6 heteroatoms. The lowest BCUT2D eigenvalue weighted by Gasteiger charge is -2.22. The fourth-order valence-corrected chi connectivity index (χ4v) is 4.28. The molecule has 0 aromatic rings. The van der Waals surface area contributed by atoms with E-state index in [9.17, 15) is 14.0 Å². The molecule has 0 aromatic heterocycles. The van der Waals surface area contributed by atoms with Crippen molar-refractivity contribution in [3.8, 4) is 0 Å². The van der Waals surface area contributed by atoms with Crippen molar-refractivity contribution in [3.63, 3.8) is 0 Å². The largest absolute Gasteiger partial charge is 0.369 e. The summed E-state index contributed by atoms with van der Waals surface area (Å²) in [4.78, 5) is 26.3. The first kappa shape index (κ1) is 21.7. The number of nitrogens with zero attached hydrogens (tertiary/aromatic N) is 2. The summed E-state index contributed by atoms with van der Waals surface area (Å²) in [5.74, 6) is 1.84. The van der Waals surface area contributed by atoms with Crippen LogP contribution in [0.25, 0.3) is 0 Å². The van der Waals surface area contributed by atoms with Gasteiger partial charge in [-0.25, -0.2) is 4.79 Å². The molecule has 2 N–H and O–H groups in total. The smallest absolute Gasteiger partial charge is 0.319 e. The zero-order valence-electron chi connectivity index (χ0n) is 16.3. The van der Waals surface area contributed by atoms with Crippen LogP contribution in [0.2, 0.25) is 0 Å². The standard InChI is InChI=1S/C11H19N3O2.C7H14.CH3F/c1-13(2)11(16)14-5-8-3-7(10(12)15)4-9(8)6-14;1-7-5-3-2-4-6-7;1-2/h7-9H,3-6H2,1-2H3,(H2,12,15);7H,2-6H2,1H3;1H3/t7?,8-,9+;;. The van der Waals surface area contributed by atoms with Crippen LogP contribution in [-0.2, 0) is 4.79 Å². The van der Waals surface area contributed by atoms with Crippen molar-refractivity contribution in [3.05, 3.63) is 0 Å². The Morgan fingerprint density at radius 1 is 1.00 bits per heavy atom. The first-order chi connectivity index (χ1) is 11.9. The minimum atomic E-state index is -0.181. The molecule has 1 aliphatic heterocycles. The zero-order chi connectivity index (χ0) is 19.0. The van der Waals surface area contributed by atoms with Crippen LogP contribution in [0.4, 0.5) is 9.18 Å². The van der Waals surface area contributed by atoms with E-state index in [-0.39, 0.29) is 17.9 Å². The first-order valence-corrected chi connectivity index (χ1v) is 9.51. The number of primary amides is 1. The number of hydrogen-bond donors (Lipinski definition) is 1. The van der Waals surface area contributed by atoms with E-state index in [1.807, 2.05) is 4.90 Å². The normalized spacial score (nSPS) is 28.2. The van der Waals surface area contributed by atoms with Crippen LogP contribution in [0, 0.1) is 23.7 Å². The zero-order valence-corrected chi connectivity index (χ0v) is 16.3. The number of amides is 3. The van der Waals surface area contributed by atoms with E-state index in [4.69, 9.17) is 5.73 Å². The van der Waals surface area contributed by atoms with Crippen molar-refractivity contribution >= 4 is 11.9 Å². The number of alkyl halides is 1. The lowest BCUT2D eigenvalue weighted by atomic mass is 9.91. The van der Waals surface area contributed by atoms with Gasteiger partial charge in [-0.15, -0.1) is 0 Å². The highest BCUT2D eigenvalue weighted by molar-refractivity contribution is 5.77. The van der Waals surface area contributed by atoms with Crippen molar-refractivity contribution in [1.82, 2.24) is 9.80 Å². The molecular weight excluding hydrogens is 321 g/mol. The third-order valence-corrected chi connectivity index (χ3v) is 5.70. The summed E-state index contributed by atoms with van der Waals surface area (Å²) in [7, 11) is 4.03. The van der Waals surface area contributed by atoms with Crippen molar-refractivity contribution in [2.75, 3.05) is 34.4 Å². The number of carbonyl (C=O) groups excluding carboxylic acids is 2. The molecular formula is C19H36FN3O2. The van der Waals surface area contributed by atoms with Gasteiger partial charge in [-0.3, -0.25) is 9.18 Å². The molecule has 2 saturated carbocycles. The summed E-state index contributed by atoms with van der Waals surface area (Å²) in [6.45, 7) is 3.93. The van der Waals surface area contributed by atoms with Gasteiger partial charge in [0.15, 0.2) is 0 Å². The van der Waals surface area contributed by atoms with Gasteiger partial charge in [0.25, 0.3) is 0 Å². The van der Waals surface area contributed by atoms with Gasteiger partial charge in [-0.05, 0) is 30.6 Å². The third-order valence-electron chi connectivity index (χ3n) is 5.70. The number of urea groups is 1. The topological polar surface area (TPSA) is 66.6 Å². The fourth-order valence-electron chi connectivity index (χ4n) is 4.28. The number of fused-ring (bicyclic) bond motifs is 1. The molecule has 3 rings (SSSR count). The maximum atomic E-state index is 11.8. The Kier molecular flexibility index (Phi) is 9.22. The van der Waals surface area contributed by atoms with Crippen LogP contribution in [0.1, 0.15) is 51.9 Å². The van der Waals surface area contributed by atoms with E-state index in [2.05, 4.69) is 6.92 Å². The summed E-state index contributed by atoms with van der Waals surface area (Å²) in [6.07, 6.45) is 9.15. The van der Waals surface area contributed by atoms with Gasteiger partial charge >= 0.3 is 6.03 Å². The highest BCUT2D eigenvalue weighted by Gasteiger charge is 2.44. The Hall–Kier alpha value is -1.33. The predicted octanol–water partition coefficient (Wildman–Crippen LogP) is 3.28. The van der Waals surface area contributed by atoms with Crippen LogP contribution in [-0.4, -0.2) is 56.1 Å². The highest BCUT2D eigenvalue weighted by atomic mass is 19.1. The lowest BCUT2D eigenvalue weighted by Crippen LogP contribution is -2.38. The Labute approximate surface area is 152 Å². The second kappa shape index (κ2) is 10.6. The van der Waals surface area contributed by atoms with Crippen molar-refractivity contribution in [2.45, 2.75) is 51.9 Å². The Morgan fingerprint density at radius 2 is 1.48 bits per heavy atom. The molecule has 3 atom stereocenters. The van der Waals surface area contributed by atoms with E-state index in [0.717, 1.165) is 31.8 Å². The first-order valence-electron chi connectivity index (χ1n) is 9.51. The van der Waals surface area contributed by atoms with Gasteiger partial charge in [-0.2, -0.15) is 0 Å². The van der Waals surface area contributed by atoms with E-state index < -0.39 is 0 Å². The molecule has 3 fully saturated rings. The van der Waals surface area contributed by atoms with Gasteiger partial charge in [0.05, 0.1) is 7.18 Å². The lowest BCUT2D eigenvalue weighted by molar-refractivity contribution is -0.121. The molecule has 25 heavy (non-hydrogen) atoms. The molecule has 1 saturated heterocycles. The molecule has 0 spiro atoms. The molecule has 0 radical (unpaired) electrons. The maximum absolute atomic E-state index is 11.8. The van der Waals surface area contributed by atoms with Crippen LogP contribution in [0.5, 0.6) is 0 Å². The molecule has 3 aliphatic rings. The van der Waals surface area contributed by atoms with Crippen molar-refractivity contribution in [2.24, 2.45) is 29.4 Å². The van der Waals surface area contributed by atoms with Gasteiger partial charge < -0.3 is 15.5 Å². The minimum absolute atomic E-state index is 0.0339. The van der Waals surface area contributed by atoms with Gasteiger partial charge in [0.2, 0.25) is 5.91 Å².